The molecule has 1 N–H and O–H groups in total. The molecule has 1 heterocycles. The summed E-state index contributed by atoms with van der Waals surface area (Å²) < 4.78 is 11.2. The van der Waals surface area contributed by atoms with Gasteiger partial charge in [-0.25, -0.2) is 0 Å². The van der Waals surface area contributed by atoms with Crippen LogP contribution in [0.15, 0.2) is 36.5 Å². The Morgan fingerprint density at radius 1 is 1.10 bits per heavy atom. The van der Waals surface area contributed by atoms with E-state index in [1.165, 1.54) is 5.56 Å². The summed E-state index contributed by atoms with van der Waals surface area (Å²) in [5.41, 5.74) is 3.29. The molecule has 0 aliphatic rings. The number of methoxy groups -OCH3 is 1. The lowest BCUT2D eigenvalue weighted by molar-refractivity contribution is 0.280. The quantitative estimate of drug-likeness (QED) is 0.850. The van der Waals surface area contributed by atoms with Crippen molar-refractivity contribution in [1.82, 2.24) is 10.3 Å². The molecule has 1 aromatic carbocycles. The molecule has 4 nitrogen and oxygen atoms in total. The van der Waals surface area contributed by atoms with Crippen molar-refractivity contribution < 1.29 is 9.47 Å². The number of nitrogens with one attached hydrogen (secondary N) is 1. The van der Waals surface area contributed by atoms with Gasteiger partial charge in [0.1, 0.15) is 6.61 Å². The molecule has 4 heteroatoms. The summed E-state index contributed by atoms with van der Waals surface area (Å²) in [6.45, 7) is 3.37. The molecule has 0 spiro atoms. The molecule has 0 saturated heterocycles. The zero-order valence-corrected chi connectivity index (χ0v) is 12.8. The van der Waals surface area contributed by atoms with E-state index in [-0.39, 0.29) is 0 Å². The summed E-state index contributed by atoms with van der Waals surface area (Å²) in [6, 6.07) is 10.1. The van der Waals surface area contributed by atoms with Crippen molar-refractivity contribution in [3.05, 3.63) is 53.3 Å². The Morgan fingerprint density at radius 2 is 1.90 bits per heavy atom. The standard InChI is InChI=1S/C17H22N2O2/c1-4-13-6-8-16(17(9-13)20-3)21-12-15-7-5-14(10-18-2)11-19-15/h5-9,11,18H,4,10,12H2,1-3H3. The van der Waals surface area contributed by atoms with Gasteiger partial charge >= 0.3 is 0 Å². The van der Waals surface area contributed by atoms with E-state index in [4.69, 9.17) is 9.47 Å². The van der Waals surface area contributed by atoms with Gasteiger partial charge < -0.3 is 14.8 Å². The van der Waals surface area contributed by atoms with Crippen molar-refractivity contribution in [1.29, 1.82) is 0 Å². The molecule has 0 unspecified atom stereocenters. The number of aromatic nitrogens is 1. The van der Waals surface area contributed by atoms with Crippen LogP contribution in [-0.2, 0) is 19.6 Å². The maximum absolute atomic E-state index is 5.81. The molecule has 21 heavy (non-hydrogen) atoms. The number of hydrogen-bond donors (Lipinski definition) is 1. The average molecular weight is 286 g/mol. The third-order valence-electron chi connectivity index (χ3n) is 3.28. The molecule has 0 amide bonds. The van der Waals surface area contributed by atoms with E-state index in [0.717, 1.165) is 35.7 Å². The molecule has 1 aromatic heterocycles. The third kappa shape index (κ3) is 4.20. The molecule has 0 radical (unpaired) electrons. The van der Waals surface area contributed by atoms with Gasteiger partial charge in [0.2, 0.25) is 0 Å². The predicted octanol–water partition coefficient (Wildman–Crippen LogP) is 2.95. The van der Waals surface area contributed by atoms with Crippen LogP contribution in [0, 0.1) is 0 Å². The van der Waals surface area contributed by atoms with Crippen LogP contribution in [0.5, 0.6) is 11.5 Å². The van der Waals surface area contributed by atoms with Gasteiger partial charge in [-0.3, -0.25) is 4.98 Å². The molecule has 2 aromatic rings. The van der Waals surface area contributed by atoms with E-state index in [1.807, 2.05) is 31.4 Å². The maximum Gasteiger partial charge on any atom is 0.161 e. The maximum atomic E-state index is 5.81. The highest BCUT2D eigenvalue weighted by atomic mass is 16.5. The molecule has 0 atom stereocenters. The number of hydrogen-bond acceptors (Lipinski definition) is 4. The first-order valence-electron chi connectivity index (χ1n) is 7.15. The molecule has 0 fully saturated rings. The SMILES string of the molecule is CCc1ccc(OCc2ccc(CNC)cn2)c(OC)c1. The molecule has 0 aliphatic heterocycles. The molecule has 0 aliphatic carbocycles. The lowest BCUT2D eigenvalue weighted by Gasteiger charge is -2.11. The van der Waals surface area contributed by atoms with Crippen LogP contribution in [0.1, 0.15) is 23.7 Å². The van der Waals surface area contributed by atoms with Crippen molar-refractivity contribution >= 4 is 0 Å². The number of pyridine rings is 1. The summed E-state index contributed by atoms with van der Waals surface area (Å²) in [7, 11) is 3.58. The molecule has 2 rings (SSSR count). The van der Waals surface area contributed by atoms with E-state index in [1.54, 1.807) is 7.11 Å². The van der Waals surface area contributed by atoms with Gasteiger partial charge in [-0.1, -0.05) is 19.1 Å². The second kappa shape index (κ2) is 7.64. The fourth-order valence-electron chi connectivity index (χ4n) is 2.05. The Hall–Kier alpha value is -2.07. The lowest BCUT2D eigenvalue weighted by atomic mass is 10.1. The normalized spacial score (nSPS) is 10.4. The van der Waals surface area contributed by atoms with E-state index in [2.05, 4.69) is 29.4 Å². The van der Waals surface area contributed by atoms with Crippen LogP contribution >= 0.6 is 0 Å². The molecule has 0 bridgehead atoms. The molecular formula is C17H22N2O2. The first-order valence-corrected chi connectivity index (χ1v) is 7.15. The van der Waals surface area contributed by atoms with Crippen LogP contribution in [0.3, 0.4) is 0 Å². The molecular weight excluding hydrogens is 264 g/mol. The topological polar surface area (TPSA) is 43.4 Å². The Balaban J connectivity index is 2.02. The monoisotopic (exact) mass is 286 g/mol. The first kappa shape index (κ1) is 15.3. The van der Waals surface area contributed by atoms with Gasteiger partial charge in [0.05, 0.1) is 12.8 Å². The summed E-state index contributed by atoms with van der Waals surface area (Å²) in [5, 5.41) is 3.10. The highest BCUT2D eigenvalue weighted by Crippen LogP contribution is 2.28. The Labute approximate surface area is 126 Å². The van der Waals surface area contributed by atoms with Crippen molar-refractivity contribution in [2.24, 2.45) is 0 Å². The van der Waals surface area contributed by atoms with Gasteiger partial charge in [0, 0.05) is 12.7 Å². The van der Waals surface area contributed by atoms with Gasteiger partial charge in [-0.05, 0) is 42.8 Å². The fourth-order valence-corrected chi connectivity index (χ4v) is 2.05. The van der Waals surface area contributed by atoms with Crippen molar-refractivity contribution in [3.63, 3.8) is 0 Å². The van der Waals surface area contributed by atoms with Crippen molar-refractivity contribution in [2.45, 2.75) is 26.5 Å². The average Bonchev–Trinajstić information content (AvgIpc) is 2.54. The fraction of sp³-hybridized carbons (Fsp3) is 0.353. The summed E-state index contributed by atoms with van der Waals surface area (Å²) >= 11 is 0. The highest BCUT2D eigenvalue weighted by molar-refractivity contribution is 5.43. The third-order valence-corrected chi connectivity index (χ3v) is 3.28. The Morgan fingerprint density at radius 3 is 2.52 bits per heavy atom. The number of nitrogens with zero attached hydrogens (tertiary/aromatic N) is 1. The van der Waals surface area contributed by atoms with E-state index in [0.29, 0.717) is 6.61 Å². The predicted molar refractivity (Wildman–Crippen MR) is 83.7 cm³/mol. The van der Waals surface area contributed by atoms with Crippen LogP contribution in [0.2, 0.25) is 0 Å². The van der Waals surface area contributed by atoms with Crippen LogP contribution in [0.25, 0.3) is 0 Å². The summed E-state index contributed by atoms with van der Waals surface area (Å²) in [4.78, 5) is 4.40. The number of aryl methyl sites for hydroxylation is 1. The van der Waals surface area contributed by atoms with Gasteiger partial charge in [-0.2, -0.15) is 0 Å². The second-order valence-corrected chi connectivity index (χ2v) is 4.82. The van der Waals surface area contributed by atoms with Crippen LogP contribution < -0.4 is 14.8 Å². The van der Waals surface area contributed by atoms with E-state index >= 15 is 0 Å². The van der Waals surface area contributed by atoms with Crippen molar-refractivity contribution in [3.8, 4) is 11.5 Å². The number of benzene rings is 1. The van der Waals surface area contributed by atoms with Gasteiger partial charge in [0.15, 0.2) is 11.5 Å². The zero-order valence-electron chi connectivity index (χ0n) is 12.8. The van der Waals surface area contributed by atoms with E-state index < -0.39 is 0 Å². The van der Waals surface area contributed by atoms with E-state index in [9.17, 15) is 0 Å². The largest absolute Gasteiger partial charge is 0.493 e. The first-order chi connectivity index (χ1) is 10.3. The highest BCUT2D eigenvalue weighted by Gasteiger charge is 2.06. The van der Waals surface area contributed by atoms with Crippen LogP contribution in [-0.4, -0.2) is 19.1 Å². The van der Waals surface area contributed by atoms with Crippen molar-refractivity contribution in [2.75, 3.05) is 14.2 Å². The molecule has 112 valence electrons. The zero-order chi connectivity index (χ0) is 15.1. The molecule has 0 saturated carbocycles. The lowest BCUT2D eigenvalue weighted by Crippen LogP contribution is -2.06. The summed E-state index contributed by atoms with van der Waals surface area (Å²) in [5.74, 6) is 1.51. The Bertz CT molecular complexity index is 568. The minimum Gasteiger partial charge on any atom is -0.493 e. The van der Waals surface area contributed by atoms with Gasteiger partial charge in [0.25, 0.3) is 0 Å². The number of rotatable bonds is 7. The Kier molecular flexibility index (Phi) is 5.58. The second-order valence-electron chi connectivity index (χ2n) is 4.82. The smallest absolute Gasteiger partial charge is 0.161 e. The minimum atomic E-state index is 0.432. The summed E-state index contributed by atoms with van der Waals surface area (Å²) in [6.07, 6.45) is 2.84. The van der Waals surface area contributed by atoms with Gasteiger partial charge in [-0.15, -0.1) is 0 Å². The minimum absolute atomic E-state index is 0.432. The number of ether oxygens (including phenoxy) is 2. The van der Waals surface area contributed by atoms with Crippen LogP contribution in [0.4, 0.5) is 0 Å².